The number of sulfonamides is 1. The van der Waals surface area contributed by atoms with Crippen molar-refractivity contribution in [2.75, 3.05) is 13.1 Å². The molecule has 19 heavy (non-hydrogen) atoms. The van der Waals surface area contributed by atoms with Gasteiger partial charge in [-0.2, -0.15) is 0 Å². The van der Waals surface area contributed by atoms with Crippen LogP contribution >= 0.6 is 0 Å². The highest BCUT2D eigenvalue weighted by Crippen LogP contribution is 2.13. The van der Waals surface area contributed by atoms with Gasteiger partial charge in [0.2, 0.25) is 15.9 Å². The molecule has 0 spiro atoms. The van der Waals surface area contributed by atoms with E-state index in [-0.39, 0.29) is 29.8 Å². The molecular weight excluding hydrogens is 264 g/mol. The fourth-order valence-corrected chi connectivity index (χ4v) is 2.79. The number of hydrogen-bond donors (Lipinski definition) is 2. The molecule has 0 saturated heterocycles. The number of nitrogens with one attached hydrogen (secondary N) is 2. The van der Waals surface area contributed by atoms with Gasteiger partial charge >= 0.3 is 0 Å². The minimum atomic E-state index is -3.51. The summed E-state index contributed by atoms with van der Waals surface area (Å²) in [5, 5.41) is 2.65. The van der Waals surface area contributed by atoms with Crippen molar-refractivity contribution in [2.24, 2.45) is 5.92 Å². The molecule has 6 heteroatoms. The van der Waals surface area contributed by atoms with Crippen LogP contribution < -0.4 is 10.0 Å². The first-order valence-corrected chi connectivity index (χ1v) is 7.66. The van der Waals surface area contributed by atoms with Gasteiger partial charge < -0.3 is 5.32 Å². The van der Waals surface area contributed by atoms with Crippen molar-refractivity contribution < 1.29 is 13.2 Å². The average molecular weight is 284 g/mol. The Hall–Kier alpha value is -1.40. The van der Waals surface area contributed by atoms with Crippen LogP contribution in [0.4, 0.5) is 0 Å². The normalized spacial score (nSPS) is 11.6. The van der Waals surface area contributed by atoms with Gasteiger partial charge in [0, 0.05) is 19.0 Å². The molecular formula is C13H20N2O3S. The lowest BCUT2D eigenvalue weighted by Crippen LogP contribution is -2.36. The molecule has 0 aromatic heterocycles. The van der Waals surface area contributed by atoms with Crippen LogP contribution in [0.5, 0.6) is 0 Å². The lowest BCUT2D eigenvalue weighted by Gasteiger charge is -2.10. The molecule has 1 aromatic rings. The second kappa shape index (κ2) is 6.68. The molecule has 0 bridgehead atoms. The van der Waals surface area contributed by atoms with E-state index in [1.54, 1.807) is 45.0 Å². The zero-order valence-electron chi connectivity index (χ0n) is 11.4. The molecule has 0 aliphatic rings. The highest BCUT2D eigenvalue weighted by atomic mass is 32.2. The van der Waals surface area contributed by atoms with Gasteiger partial charge in [-0.3, -0.25) is 4.79 Å². The molecule has 1 aromatic carbocycles. The van der Waals surface area contributed by atoms with Crippen LogP contribution in [-0.4, -0.2) is 27.4 Å². The second-order valence-corrected chi connectivity index (χ2v) is 6.34. The highest BCUT2D eigenvalue weighted by molar-refractivity contribution is 7.89. The van der Waals surface area contributed by atoms with Crippen LogP contribution in [0.3, 0.4) is 0 Å². The highest BCUT2D eigenvalue weighted by Gasteiger charge is 2.15. The third kappa shape index (κ3) is 4.65. The second-order valence-electron chi connectivity index (χ2n) is 4.61. The molecule has 0 heterocycles. The number of aryl methyl sites for hydroxylation is 1. The Balaban J connectivity index is 2.53. The van der Waals surface area contributed by atoms with Crippen LogP contribution in [0.1, 0.15) is 19.4 Å². The maximum absolute atomic E-state index is 12.0. The molecule has 0 aliphatic carbocycles. The topological polar surface area (TPSA) is 75.3 Å². The van der Waals surface area contributed by atoms with Gasteiger partial charge in [-0.15, -0.1) is 0 Å². The van der Waals surface area contributed by atoms with Crippen molar-refractivity contribution in [3.63, 3.8) is 0 Å². The van der Waals surface area contributed by atoms with E-state index < -0.39 is 10.0 Å². The quantitative estimate of drug-likeness (QED) is 0.767. The van der Waals surface area contributed by atoms with Crippen LogP contribution in [0.15, 0.2) is 29.2 Å². The smallest absolute Gasteiger partial charge is 0.240 e. The number of carbonyl (C=O) groups excluding carboxylic acids is 1. The molecule has 0 fully saturated rings. The molecule has 0 aliphatic heterocycles. The molecule has 5 nitrogen and oxygen atoms in total. The van der Waals surface area contributed by atoms with E-state index in [1.165, 1.54) is 0 Å². The van der Waals surface area contributed by atoms with E-state index in [4.69, 9.17) is 0 Å². The van der Waals surface area contributed by atoms with E-state index in [9.17, 15) is 13.2 Å². The fraction of sp³-hybridized carbons (Fsp3) is 0.462. The Kier molecular flexibility index (Phi) is 5.50. The van der Waals surface area contributed by atoms with Crippen LogP contribution in [0.2, 0.25) is 0 Å². The predicted molar refractivity (Wildman–Crippen MR) is 74.2 cm³/mol. The Morgan fingerprint density at radius 3 is 2.42 bits per heavy atom. The summed E-state index contributed by atoms with van der Waals surface area (Å²) in [5.41, 5.74) is 0.696. The largest absolute Gasteiger partial charge is 0.355 e. The monoisotopic (exact) mass is 284 g/mol. The third-order valence-electron chi connectivity index (χ3n) is 2.62. The van der Waals surface area contributed by atoms with Gasteiger partial charge in [-0.1, -0.05) is 32.0 Å². The number of hydrogen-bond acceptors (Lipinski definition) is 3. The summed E-state index contributed by atoms with van der Waals surface area (Å²) in [5.74, 6) is -0.192. The zero-order valence-corrected chi connectivity index (χ0v) is 12.3. The summed E-state index contributed by atoms with van der Waals surface area (Å²) in [7, 11) is -3.51. The van der Waals surface area contributed by atoms with Gasteiger partial charge in [-0.05, 0) is 18.6 Å². The van der Waals surface area contributed by atoms with E-state index in [2.05, 4.69) is 10.0 Å². The van der Waals surface area contributed by atoms with Crippen molar-refractivity contribution in [3.8, 4) is 0 Å². The van der Waals surface area contributed by atoms with Crippen molar-refractivity contribution in [3.05, 3.63) is 29.8 Å². The van der Waals surface area contributed by atoms with E-state index in [1.807, 2.05) is 0 Å². The molecule has 0 atom stereocenters. The first-order chi connectivity index (χ1) is 8.84. The molecule has 0 unspecified atom stereocenters. The SMILES string of the molecule is Cc1ccccc1S(=O)(=O)NCCNC(=O)C(C)C. The van der Waals surface area contributed by atoms with Crippen molar-refractivity contribution in [1.29, 1.82) is 0 Å². The van der Waals surface area contributed by atoms with Crippen LogP contribution in [0, 0.1) is 12.8 Å². The Morgan fingerprint density at radius 1 is 1.21 bits per heavy atom. The fourth-order valence-electron chi connectivity index (χ4n) is 1.51. The number of benzene rings is 1. The lowest BCUT2D eigenvalue weighted by atomic mass is 10.2. The van der Waals surface area contributed by atoms with Crippen LogP contribution in [-0.2, 0) is 14.8 Å². The van der Waals surface area contributed by atoms with Gasteiger partial charge in [0.15, 0.2) is 0 Å². The number of rotatable bonds is 6. The maximum atomic E-state index is 12.0. The van der Waals surface area contributed by atoms with E-state index in [0.717, 1.165) is 0 Å². The lowest BCUT2D eigenvalue weighted by molar-refractivity contribution is -0.123. The molecule has 0 radical (unpaired) electrons. The molecule has 1 amide bonds. The summed E-state index contributed by atoms with van der Waals surface area (Å²) in [6.07, 6.45) is 0. The zero-order chi connectivity index (χ0) is 14.5. The number of carbonyl (C=O) groups is 1. The molecule has 1 rings (SSSR count). The summed E-state index contributed by atoms with van der Waals surface area (Å²) in [6, 6.07) is 6.78. The first kappa shape index (κ1) is 15.7. The standard InChI is InChI=1S/C13H20N2O3S/c1-10(2)13(16)14-8-9-15-19(17,18)12-7-5-4-6-11(12)3/h4-7,10,15H,8-9H2,1-3H3,(H,14,16). The minimum absolute atomic E-state index is 0.0879. The summed E-state index contributed by atoms with van der Waals surface area (Å²) < 4.78 is 26.5. The minimum Gasteiger partial charge on any atom is -0.355 e. The van der Waals surface area contributed by atoms with Crippen molar-refractivity contribution in [1.82, 2.24) is 10.0 Å². The molecule has 2 N–H and O–H groups in total. The van der Waals surface area contributed by atoms with Gasteiger partial charge in [0.1, 0.15) is 0 Å². The van der Waals surface area contributed by atoms with Gasteiger partial charge in [-0.25, -0.2) is 13.1 Å². The summed E-state index contributed by atoms with van der Waals surface area (Å²) in [4.78, 5) is 11.6. The van der Waals surface area contributed by atoms with E-state index >= 15 is 0 Å². The van der Waals surface area contributed by atoms with Crippen molar-refractivity contribution >= 4 is 15.9 Å². The molecule has 0 saturated carbocycles. The Labute approximate surface area is 114 Å². The van der Waals surface area contributed by atoms with E-state index in [0.29, 0.717) is 5.56 Å². The van der Waals surface area contributed by atoms with Gasteiger partial charge in [0.05, 0.1) is 4.90 Å². The summed E-state index contributed by atoms with van der Waals surface area (Å²) in [6.45, 7) is 5.77. The third-order valence-corrected chi connectivity index (χ3v) is 4.25. The predicted octanol–water partition coefficient (Wildman–Crippen LogP) is 1.05. The Bertz CT molecular complexity index is 539. The number of amides is 1. The first-order valence-electron chi connectivity index (χ1n) is 6.17. The maximum Gasteiger partial charge on any atom is 0.240 e. The summed E-state index contributed by atoms with van der Waals surface area (Å²) >= 11 is 0. The van der Waals surface area contributed by atoms with Crippen molar-refractivity contribution in [2.45, 2.75) is 25.7 Å². The molecule has 106 valence electrons. The van der Waals surface area contributed by atoms with Crippen LogP contribution in [0.25, 0.3) is 0 Å². The Morgan fingerprint density at radius 2 is 1.84 bits per heavy atom. The van der Waals surface area contributed by atoms with Gasteiger partial charge in [0.25, 0.3) is 0 Å². The average Bonchev–Trinajstić information content (AvgIpc) is 2.34.